The molecule has 59 heavy (non-hydrogen) atoms. The number of benzene rings is 3. The molecule has 2 aromatic heterocycles. The molecule has 9 rings (SSSR count). The summed E-state index contributed by atoms with van der Waals surface area (Å²) in [6.07, 6.45) is 3.84. The van der Waals surface area contributed by atoms with Crippen LogP contribution in [0.15, 0.2) is 73.1 Å². The SMILES string of the molecule is Cc1c(-c2ccc3cnc(Nc4ccc(N5CCN(CCOCCOc6cccc7c6C(=O)N(C6CCC(=O)NC6=O)C7=O)CC5)cc4)nc3c2)cnc2c1NCCO2. The number of piperazine rings is 1. The van der Waals surface area contributed by atoms with Crippen LogP contribution in [-0.4, -0.2) is 120 Å². The van der Waals surface area contributed by atoms with Gasteiger partial charge in [0.2, 0.25) is 23.6 Å². The first kappa shape index (κ1) is 37.9. The van der Waals surface area contributed by atoms with Crippen LogP contribution in [0.25, 0.3) is 22.0 Å². The molecule has 4 aliphatic heterocycles. The Hall–Kier alpha value is -6.65. The normalized spacial score (nSPS) is 17.9. The Balaban J connectivity index is 0.720. The highest BCUT2D eigenvalue weighted by Crippen LogP contribution is 2.37. The van der Waals surface area contributed by atoms with Crippen LogP contribution in [0.3, 0.4) is 0 Å². The Labute approximate surface area is 339 Å². The van der Waals surface area contributed by atoms with Gasteiger partial charge in [-0.1, -0.05) is 18.2 Å². The summed E-state index contributed by atoms with van der Waals surface area (Å²) >= 11 is 0. The van der Waals surface area contributed by atoms with Gasteiger partial charge >= 0.3 is 0 Å². The summed E-state index contributed by atoms with van der Waals surface area (Å²) in [7, 11) is 0. The number of amides is 4. The lowest BCUT2D eigenvalue weighted by Gasteiger charge is -2.36. The van der Waals surface area contributed by atoms with Gasteiger partial charge in [-0.05, 0) is 66.9 Å². The van der Waals surface area contributed by atoms with Crippen molar-refractivity contribution < 1.29 is 33.4 Å². The monoisotopic (exact) mass is 797 g/mol. The van der Waals surface area contributed by atoms with Crippen molar-refractivity contribution in [3.05, 3.63) is 89.7 Å². The third-order valence-electron chi connectivity index (χ3n) is 11.2. The number of nitrogens with one attached hydrogen (secondary N) is 3. The minimum Gasteiger partial charge on any atom is -0.490 e. The molecule has 0 bridgehead atoms. The van der Waals surface area contributed by atoms with Crippen LogP contribution in [0.2, 0.25) is 0 Å². The summed E-state index contributed by atoms with van der Waals surface area (Å²) in [5.41, 5.74) is 7.28. The first-order valence-electron chi connectivity index (χ1n) is 19.8. The largest absolute Gasteiger partial charge is 0.490 e. The van der Waals surface area contributed by atoms with Gasteiger partial charge in [-0.15, -0.1) is 0 Å². The van der Waals surface area contributed by atoms with E-state index < -0.39 is 29.7 Å². The number of anilines is 4. The third kappa shape index (κ3) is 7.71. The lowest BCUT2D eigenvalue weighted by atomic mass is 10.00. The van der Waals surface area contributed by atoms with E-state index >= 15 is 0 Å². The number of nitrogens with zero attached hydrogens (tertiary/aromatic N) is 6. The zero-order valence-electron chi connectivity index (χ0n) is 32.5. The lowest BCUT2D eigenvalue weighted by molar-refractivity contribution is -0.136. The summed E-state index contributed by atoms with van der Waals surface area (Å²) < 4.78 is 17.4. The Bertz CT molecular complexity index is 2450. The average molecular weight is 798 g/mol. The molecule has 3 N–H and O–H groups in total. The number of fused-ring (bicyclic) bond motifs is 3. The standard InChI is InChI=1S/C43H43N9O7/c1-26-32(25-45-40-38(26)44-13-19-59-40)27-5-6-28-24-46-43(48-33(28)23-27)47-29-7-9-30(10-8-29)51-16-14-50(15-17-51)18-20-57-21-22-58-35-4-2-3-31-37(35)42(56)52(41(31)55)34-11-12-36(53)49-39(34)54/h2-10,23-25,34,44H,11-22H2,1H3,(H,46,47,48)(H,49,53,54). The van der Waals surface area contributed by atoms with Crippen LogP contribution in [0.1, 0.15) is 39.1 Å². The highest BCUT2D eigenvalue weighted by atomic mass is 16.5. The molecular weight excluding hydrogens is 755 g/mol. The number of piperidine rings is 1. The molecule has 2 saturated heterocycles. The number of hydrogen-bond donors (Lipinski definition) is 3. The van der Waals surface area contributed by atoms with Gasteiger partial charge in [-0.25, -0.2) is 15.0 Å². The molecule has 0 spiro atoms. The number of hydrogen-bond acceptors (Lipinski definition) is 14. The van der Waals surface area contributed by atoms with E-state index in [4.69, 9.17) is 19.2 Å². The molecule has 5 aromatic rings. The van der Waals surface area contributed by atoms with Crippen LogP contribution in [0.4, 0.5) is 23.0 Å². The van der Waals surface area contributed by atoms with Crippen molar-refractivity contribution >= 4 is 57.5 Å². The Kier molecular flexibility index (Phi) is 10.5. The quantitative estimate of drug-likeness (QED) is 0.121. The third-order valence-corrected chi connectivity index (χ3v) is 11.2. The molecule has 302 valence electrons. The Morgan fingerprint density at radius 3 is 2.58 bits per heavy atom. The van der Waals surface area contributed by atoms with E-state index in [9.17, 15) is 19.2 Å². The number of carbonyl (C=O) groups is 4. The first-order valence-corrected chi connectivity index (χ1v) is 19.8. The zero-order chi connectivity index (χ0) is 40.5. The summed E-state index contributed by atoms with van der Waals surface area (Å²) in [6.45, 7) is 8.78. The molecule has 1 atom stereocenters. The van der Waals surface area contributed by atoms with Crippen LogP contribution in [0, 0.1) is 6.92 Å². The molecule has 0 saturated carbocycles. The van der Waals surface area contributed by atoms with Crippen LogP contribution < -0.4 is 30.3 Å². The number of pyridine rings is 1. The summed E-state index contributed by atoms with van der Waals surface area (Å²) in [5.74, 6) is -0.807. The maximum atomic E-state index is 13.3. The molecule has 16 heteroatoms. The Morgan fingerprint density at radius 2 is 1.75 bits per heavy atom. The lowest BCUT2D eigenvalue weighted by Crippen LogP contribution is -2.54. The van der Waals surface area contributed by atoms with Crippen molar-refractivity contribution in [2.75, 3.05) is 81.2 Å². The van der Waals surface area contributed by atoms with Crippen molar-refractivity contribution in [2.24, 2.45) is 0 Å². The Morgan fingerprint density at radius 1 is 0.898 bits per heavy atom. The minimum absolute atomic E-state index is 0.0596. The molecular formula is C43H43N9O7. The summed E-state index contributed by atoms with van der Waals surface area (Å²) in [4.78, 5) is 69.9. The van der Waals surface area contributed by atoms with Crippen molar-refractivity contribution in [1.82, 2.24) is 30.1 Å². The van der Waals surface area contributed by atoms with E-state index in [1.165, 1.54) is 0 Å². The number of aromatic nitrogens is 3. The van der Waals surface area contributed by atoms with Gasteiger partial charge in [0, 0.05) is 80.4 Å². The van der Waals surface area contributed by atoms with Gasteiger partial charge in [-0.3, -0.25) is 34.3 Å². The highest BCUT2D eigenvalue weighted by Gasteiger charge is 2.46. The molecule has 4 aliphatic rings. The zero-order valence-corrected chi connectivity index (χ0v) is 32.5. The van der Waals surface area contributed by atoms with Crippen molar-refractivity contribution in [3.8, 4) is 22.8 Å². The van der Waals surface area contributed by atoms with Gasteiger partial charge in [-0.2, -0.15) is 0 Å². The van der Waals surface area contributed by atoms with Crippen LogP contribution in [0.5, 0.6) is 11.6 Å². The second kappa shape index (κ2) is 16.3. The fourth-order valence-corrected chi connectivity index (χ4v) is 7.99. The summed E-state index contributed by atoms with van der Waals surface area (Å²) in [6, 6.07) is 18.3. The summed E-state index contributed by atoms with van der Waals surface area (Å²) in [5, 5.41) is 9.93. The minimum atomic E-state index is -1.03. The molecule has 6 heterocycles. The van der Waals surface area contributed by atoms with E-state index in [2.05, 4.69) is 66.9 Å². The van der Waals surface area contributed by atoms with E-state index in [1.807, 2.05) is 30.6 Å². The van der Waals surface area contributed by atoms with Gasteiger partial charge in [0.05, 0.1) is 29.9 Å². The molecule has 16 nitrogen and oxygen atoms in total. The molecule has 0 radical (unpaired) electrons. The van der Waals surface area contributed by atoms with Crippen LogP contribution >= 0.6 is 0 Å². The first-order chi connectivity index (χ1) is 28.8. The second-order valence-electron chi connectivity index (χ2n) is 14.8. The highest BCUT2D eigenvalue weighted by molar-refractivity contribution is 6.24. The number of carbonyl (C=O) groups excluding carboxylic acids is 4. The van der Waals surface area contributed by atoms with Gasteiger partial charge in [0.1, 0.15) is 30.7 Å². The molecule has 2 fully saturated rings. The molecule has 4 amide bonds. The van der Waals surface area contributed by atoms with Crippen molar-refractivity contribution in [3.63, 3.8) is 0 Å². The molecule has 3 aromatic carbocycles. The number of imide groups is 2. The smallest absolute Gasteiger partial charge is 0.266 e. The molecule has 1 unspecified atom stereocenters. The van der Waals surface area contributed by atoms with Crippen molar-refractivity contribution in [2.45, 2.75) is 25.8 Å². The van der Waals surface area contributed by atoms with Gasteiger partial charge in [0.25, 0.3) is 11.8 Å². The van der Waals surface area contributed by atoms with E-state index in [0.717, 1.165) is 88.8 Å². The average Bonchev–Trinajstić information content (AvgIpc) is 3.51. The van der Waals surface area contributed by atoms with Gasteiger partial charge in [0.15, 0.2) is 0 Å². The van der Waals surface area contributed by atoms with Crippen molar-refractivity contribution in [1.29, 1.82) is 0 Å². The number of ether oxygens (including phenoxy) is 3. The maximum absolute atomic E-state index is 13.3. The van der Waals surface area contributed by atoms with E-state index in [0.29, 0.717) is 31.6 Å². The predicted molar refractivity (Wildman–Crippen MR) is 219 cm³/mol. The van der Waals surface area contributed by atoms with Crippen LogP contribution in [-0.2, 0) is 14.3 Å². The fraction of sp³-hybridized carbons (Fsp3) is 0.326. The molecule has 0 aliphatic carbocycles. The fourth-order valence-electron chi connectivity index (χ4n) is 7.99. The van der Waals surface area contributed by atoms with Gasteiger partial charge < -0.3 is 29.7 Å². The number of rotatable bonds is 12. The second-order valence-corrected chi connectivity index (χ2v) is 14.8. The predicted octanol–water partition coefficient (Wildman–Crippen LogP) is 4.17. The maximum Gasteiger partial charge on any atom is 0.266 e. The topological polar surface area (TPSA) is 180 Å². The van der Waals surface area contributed by atoms with E-state index in [1.54, 1.807) is 18.2 Å². The van der Waals surface area contributed by atoms with E-state index in [-0.39, 0.29) is 36.3 Å².